The van der Waals surface area contributed by atoms with Gasteiger partial charge >= 0.3 is 0 Å². The first-order valence-corrected chi connectivity index (χ1v) is 8.34. The average molecular weight is 334 g/mol. The topological polar surface area (TPSA) is 30.5 Å². The van der Waals surface area contributed by atoms with Crippen LogP contribution in [-0.2, 0) is 13.1 Å². The van der Waals surface area contributed by atoms with Gasteiger partial charge in [-0.2, -0.15) is 0 Å². The average Bonchev–Trinajstić information content (AvgIpc) is 2.52. The van der Waals surface area contributed by atoms with E-state index < -0.39 is 0 Å². The molecule has 0 atom stereocenters. The summed E-state index contributed by atoms with van der Waals surface area (Å²) in [6, 6.07) is 14.1. The van der Waals surface area contributed by atoms with Crippen LogP contribution >= 0.6 is 11.6 Å². The maximum absolute atomic E-state index is 6.39. The maximum atomic E-state index is 6.39. The molecule has 2 aromatic carbocycles. The second kappa shape index (κ2) is 8.80. The van der Waals surface area contributed by atoms with Gasteiger partial charge in [-0.05, 0) is 38.0 Å². The highest BCUT2D eigenvalue weighted by molar-refractivity contribution is 6.31. The van der Waals surface area contributed by atoms with Crippen molar-refractivity contribution in [2.75, 3.05) is 6.61 Å². The van der Waals surface area contributed by atoms with E-state index in [1.54, 1.807) is 0 Å². The monoisotopic (exact) mass is 333 g/mol. The molecular weight excluding hydrogens is 310 g/mol. The molecule has 1 N–H and O–H groups in total. The molecule has 4 heteroatoms. The fraction of sp³-hybridized carbons (Fsp3) is 0.368. The summed E-state index contributed by atoms with van der Waals surface area (Å²) in [6.45, 7) is 7.99. The van der Waals surface area contributed by atoms with Crippen LogP contribution in [0.2, 0.25) is 5.02 Å². The number of nitrogens with one attached hydrogen (secondary N) is 1. The minimum atomic E-state index is 0.0762. The molecule has 0 aliphatic carbocycles. The summed E-state index contributed by atoms with van der Waals surface area (Å²) in [5.41, 5.74) is 2.25. The molecule has 0 heterocycles. The van der Waals surface area contributed by atoms with Crippen molar-refractivity contribution >= 4 is 11.6 Å². The number of rotatable bonds is 8. The Morgan fingerprint density at radius 2 is 1.78 bits per heavy atom. The lowest BCUT2D eigenvalue weighted by atomic mass is 10.1. The Morgan fingerprint density at radius 1 is 1.04 bits per heavy atom. The lowest BCUT2D eigenvalue weighted by molar-refractivity contribution is 0.223. The van der Waals surface area contributed by atoms with Crippen LogP contribution in [0.5, 0.6) is 11.5 Å². The predicted molar refractivity (Wildman–Crippen MR) is 95.4 cm³/mol. The van der Waals surface area contributed by atoms with Gasteiger partial charge in [0.05, 0.1) is 12.7 Å². The number of ether oxygens (including phenoxy) is 2. The molecule has 0 spiro atoms. The first-order chi connectivity index (χ1) is 11.1. The lowest BCUT2D eigenvalue weighted by Gasteiger charge is -2.17. The Kier molecular flexibility index (Phi) is 6.75. The molecule has 0 saturated heterocycles. The van der Waals surface area contributed by atoms with Crippen molar-refractivity contribution in [1.29, 1.82) is 0 Å². The predicted octanol–water partition coefficient (Wildman–Crippen LogP) is 4.82. The summed E-state index contributed by atoms with van der Waals surface area (Å²) in [4.78, 5) is 0. The van der Waals surface area contributed by atoms with Gasteiger partial charge in [0.25, 0.3) is 0 Å². The number of hydrogen-bond donors (Lipinski definition) is 1. The van der Waals surface area contributed by atoms with Crippen molar-refractivity contribution in [1.82, 2.24) is 5.32 Å². The third-order valence-corrected chi connectivity index (χ3v) is 3.61. The molecule has 2 rings (SSSR count). The van der Waals surface area contributed by atoms with Crippen LogP contribution in [0, 0.1) is 0 Å². The normalized spacial score (nSPS) is 10.8. The lowest BCUT2D eigenvalue weighted by Crippen LogP contribution is -2.13. The third-order valence-electron chi connectivity index (χ3n) is 3.26. The zero-order chi connectivity index (χ0) is 16.7. The van der Waals surface area contributed by atoms with Crippen LogP contribution in [-0.4, -0.2) is 12.7 Å². The summed E-state index contributed by atoms with van der Waals surface area (Å²) < 4.78 is 11.5. The smallest absolute Gasteiger partial charge is 0.163 e. The molecule has 2 aromatic rings. The van der Waals surface area contributed by atoms with E-state index >= 15 is 0 Å². The fourth-order valence-corrected chi connectivity index (χ4v) is 2.48. The van der Waals surface area contributed by atoms with E-state index in [9.17, 15) is 0 Å². The standard InChI is InChI=1S/C19H24ClNO2/c1-4-22-18-10-16(17(20)11-19(18)23-14(2)3)13-21-12-15-8-6-5-7-9-15/h5-11,14,21H,4,12-13H2,1-3H3. The molecule has 3 nitrogen and oxygen atoms in total. The molecule has 0 amide bonds. The first kappa shape index (κ1) is 17.6. The minimum absolute atomic E-state index is 0.0762. The molecule has 124 valence electrons. The van der Waals surface area contributed by atoms with Crippen molar-refractivity contribution in [3.8, 4) is 11.5 Å². The Morgan fingerprint density at radius 3 is 2.43 bits per heavy atom. The van der Waals surface area contributed by atoms with Gasteiger partial charge in [-0.25, -0.2) is 0 Å². The van der Waals surface area contributed by atoms with Gasteiger partial charge < -0.3 is 14.8 Å². The molecule has 0 aromatic heterocycles. The number of benzene rings is 2. The highest BCUT2D eigenvalue weighted by Crippen LogP contribution is 2.34. The Labute approximate surface area is 143 Å². The SMILES string of the molecule is CCOc1cc(CNCc2ccccc2)c(Cl)cc1OC(C)C. The summed E-state index contributed by atoms with van der Waals surface area (Å²) in [5.74, 6) is 1.43. The van der Waals surface area contributed by atoms with Crippen LogP contribution in [0.15, 0.2) is 42.5 Å². The summed E-state index contributed by atoms with van der Waals surface area (Å²) in [7, 11) is 0. The van der Waals surface area contributed by atoms with Gasteiger partial charge in [0.2, 0.25) is 0 Å². The van der Waals surface area contributed by atoms with E-state index in [1.807, 2.05) is 51.1 Å². The van der Waals surface area contributed by atoms with Crippen LogP contribution in [0.4, 0.5) is 0 Å². The molecule has 0 saturated carbocycles. The Balaban J connectivity index is 2.07. The van der Waals surface area contributed by atoms with E-state index in [-0.39, 0.29) is 6.10 Å². The van der Waals surface area contributed by atoms with Crippen molar-refractivity contribution < 1.29 is 9.47 Å². The van der Waals surface area contributed by atoms with Crippen LogP contribution in [0.3, 0.4) is 0 Å². The van der Waals surface area contributed by atoms with E-state index in [1.165, 1.54) is 5.56 Å². The van der Waals surface area contributed by atoms with Gasteiger partial charge in [-0.1, -0.05) is 41.9 Å². The Hall–Kier alpha value is -1.71. The quantitative estimate of drug-likeness (QED) is 0.751. The highest BCUT2D eigenvalue weighted by Gasteiger charge is 2.12. The molecule has 0 bridgehead atoms. The summed E-state index contributed by atoms with van der Waals surface area (Å²) in [6.07, 6.45) is 0.0762. The second-order valence-electron chi connectivity index (χ2n) is 5.58. The zero-order valence-corrected chi connectivity index (χ0v) is 14.7. The van der Waals surface area contributed by atoms with Gasteiger partial charge in [0.1, 0.15) is 0 Å². The van der Waals surface area contributed by atoms with Gasteiger partial charge in [0.15, 0.2) is 11.5 Å². The van der Waals surface area contributed by atoms with E-state index in [0.717, 1.165) is 17.9 Å². The van der Waals surface area contributed by atoms with E-state index in [4.69, 9.17) is 21.1 Å². The fourth-order valence-electron chi connectivity index (χ4n) is 2.26. The Bertz CT molecular complexity index is 614. The van der Waals surface area contributed by atoms with Gasteiger partial charge in [-0.3, -0.25) is 0 Å². The van der Waals surface area contributed by atoms with Gasteiger partial charge in [0, 0.05) is 24.2 Å². The zero-order valence-electron chi connectivity index (χ0n) is 13.9. The molecule has 23 heavy (non-hydrogen) atoms. The number of hydrogen-bond acceptors (Lipinski definition) is 3. The third kappa shape index (κ3) is 5.45. The molecular formula is C19H24ClNO2. The molecule has 0 aliphatic rings. The van der Waals surface area contributed by atoms with Crippen molar-refractivity contribution in [2.24, 2.45) is 0 Å². The van der Waals surface area contributed by atoms with Gasteiger partial charge in [-0.15, -0.1) is 0 Å². The van der Waals surface area contributed by atoms with Crippen molar-refractivity contribution in [3.63, 3.8) is 0 Å². The second-order valence-corrected chi connectivity index (χ2v) is 5.99. The molecule has 0 aliphatic heterocycles. The largest absolute Gasteiger partial charge is 0.490 e. The van der Waals surface area contributed by atoms with Crippen molar-refractivity contribution in [2.45, 2.75) is 40.0 Å². The van der Waals surface area contributed by atoms with Crippen LogP contribution in [0.1, 0.15) is 31.9 Å². The highest BCUT2D eigenvalue weighted by atomic mass is 35.5. The van der Waals surface area contributed by atoms with Crippen molar-refractivity contribution in [3.05, 3.63) is 58.6 Å². The molecule has 0 unspecified atom stereocenters. The summed E-state index contributed by atoms with van der Waals surface area (Å²) >= 11 is 6.39. The van der Waals surface area contributed by atoms with Crippen LogP contribution < -0.4 is 14.8 Å². The summed E-state index contributed by atoms with van der Waals surface area (Å²) in [5, 5.41) is 4.09. The van der Waals surface area contributed by atoms with Crippen LogP contribution in [0.25, 0.3) is 0 Å². The molecule has 0 radical (unpaired) electrons. The number of halogens is 1. The minimum Gasteiger partial charge on any atom is -0.490 e. The first-order valence-electron chi connectivity index (χ1n) is 7.96. The van der Waals surface area contributed by atoms with E-state index in [2.05, 4.69) is 17.4 Å². The maximum Gasteiger partial charge on any atom is 0.163 e. The van der Waals surface area contributed by atoms with E-state index in [0.29, 0.717) is 23.9 Å². The molecule has 0 fully saturated rings.